The zero-order chi connectivity index (χ0) is 12.7. The molecule has 3 saturated heterocycles. The van der Waals surface area contributed by atoms with Crippen molar-refractivity contribution in [2.45, 2.75) is 82.3 Å². The number of hydrogen-bond donors (Lipinski definition) is 1. The van der Waals surface area contributed by atoms with Crippen molar-refractivity contribution in [2.24, 2.45) is 0 Å². The minimum Gasteiger partial charge on any atom is -0.390 e. The quantitative estimate of drug-likeness (QED) is 0.701. The second kappa shape index (κ2) is 2.87. The summed E-state index contributed by atoms with van der Waals surface area (Å²) in [6.45, 7) is 9.79. The Morgan fingerprint density at radius 1 is 0.882 bits per heavy atom. The molecule has 3 heterocycles. The second-order valence-corrected chi connectivity index (χ2v) is 7.05. The number of ether oxygens (including phenoxy) is 3. The molecule has 4 heteroatoms. The molecule has 1 N–H and O–H groups in total. The molecule has 0 aromatic heterocycles. The highest BCUT2D eigenvalue weighted by molar-refractivity contribution is 5.17. The third kappa shape index (κ3) is 1.58. The van der Waals surface area contributed by atoms with Gasteiger partial charge in [-0.05, 0) is 34.6 Å². The van der Waals surface area contributed by atoms with Crippen LogP contribution >= 0.6 is 0 Å². The Morgan fingerprint density at radius 2 is 1.29 bits per heavy atom. The van der Waals surface area contributed by atoms with Crippen LogP contribution in [-0.2, 0) is 14.2 Å². The number of rotatable bonds is 0. The minimum absolute atomic E-state index is 0.0866. The number of hydrogen-bond acceptors (Lipinski definition) is 4. The van der Waals surface area contributed by atoms with Gasteiger partial charge in [0.05, 0.1) is 16.8 Å². The molecule has 0 spiro atoms. The van der Waals surface area contributed by atoms with Gasteiger partial charge in [0.2, 0.25) is 0 Å². The van der Waals surface area contributed by atoms with Gasteiger partial charge in [0.1, 0.15) is 12.2 Å². The molecule has 0 saturated carbocycles. The summed E-state index contributed by atoms with van der Waals surface area (Å²) in [5.74, 6) is -0.551. The van der Waals surface area contributed by atoms with Crippen molar-refractivity contribution in [1.82, 2.24) is 0 Å². The van der Waals surface area contributed by atoms with Crippen LogP contribution in [0.25, 0.3) is 0 Å². The lowest BCUT2D eigenvalue weighted by atomic mass is 9.82. The van der Waals surface area contributed by atoms with Crippen LogP contribution in [0.3, 0.4) is 0 Å². The zero-order valence-electron chi connectivity index (χ0n) is 11.2. The summed E-state index contributed by atoms with van der Waals surface area (Å²) >= 11 is 0. The summed E-state index contributed by atoms with van der Waals surface area (Å²) in [5, 5.41) is 10.4. The Morgan fingerprint density at radius 3 is 1.71 bits per heavy atom. The van der Waals surface area contributed by atoms with Crippen LogP contribution in [0, 0.1) is 0 Å². The molecule has 4 unspecified atom stereocenters. The predicted octanol–water partition coefficient (Wildman–Crippen LogP) is 1.60. The van der Waals surface area contributed by atoms with Crippen molar-refractivity contribution in [3.05, 3.63) is 0 Å². The maximum Gasteiger partial charge on any atom is 0.164 e. The first-order valence-corrected chi connectivity index (χ1v) is 6.34. The molecule has 0 aromatic carbocycles. The Labute approximate surface area is 102 Å². The van der Waals surface area contributed by atoms with Crippen LogP contribution in [-0.4, -0.2) is 39.9 Å². The molecule has 0 aromatic rings. The fourth-order valence-electron chi connectivity index (χ4n) is 4.15. The van der Waals surface area contributed by atoms with Crippen LogP contribution in [0.5, 0.6) is 0 Å². The summed E-state index contributed by atoms with van der Waals surface area (Å²) in [6.07, 6.45) is 1.01. The van der Waals surface area contributed by atoms with E-state index in [1.165, 1.54) is 0 Å². The predicted molar refractivity (Wildman–Crippen MR) is 61.6 cm³/mol. The highest BCUT2D eigenvalue weighted by Crippen LogP contribution is 2.57. The summed E-state index contributed by atoms with van der Waals surface area (Å²) in [7, 11) is 0. The normalized spacial score (nSPS) is 60.4. The lowest BCUT2D eigenvalue weighted by Crippen LogP contribution is -2.53. The average Bonchev–Trinajstić information content (AvgIpc) is 2.43. The van der Waals surface area contributed by atoms with E-state index in [1.807, 2.05) is 34.6 Å². The van der Waals surface area contributed by atoms with Crippen molar-refractivity contribution < 1.29 is 19.3 Å². The molecule has 98 valence electrons. The largest absolute Gasteiger partial charge is 0.390 e. The molecule has 3 aliphatic heterocycles. The highest BCUT2D eigenvalue weighted by Gasteiger charge is 2.70. The van der Waals surface area contributed by atoms with Crippen molar-refractivity contribution in [2.75, 3.05) is 0 Å². The second-order valence-electron chi connectivity index (χ2n) is 7.05. The van der Waals surface area contributed by atoms with Crippen LogP contribution in [0.4, 0.5) is 0 Å². The van der Waals surface area contributed by atoms with Gasteiger partial charge in [-0.3, -0.25) is 0 Å². The molecule has 3 fully saturated rings. The molecule has 0 radical (unpaired) electrons. The van der Waals surface area contributed by atoms with Crippen molar-refractivity contribution >= 4 is 0 Å². The monoisotopic (exact) mass is 242 g/mol. The summed E-state index contributed by atoms with van der Waals surface area (Å²) in [4.78, 5) is 0. The number of fused-ring (bicyclic) bond motifs is 5. The topological polar surface area (TPSA) is 47.9 Å². The smallest absolute Gasteiger partial charge is 0.164 e. The third-order valence-electron chi connectivity index (χ3n) is 4.23. The van der Waals surface area contributed by atoms with E-state index >= 15 is 0 Å². The van der Waals surface area contributed by atoms with Crippen molar-refractivity contribution in [3.63, 3.8) is 0 Å². The Kier molecular flexibility index (Phi) is 2.01. The van der Waals surface area contributed by atoms with Gasteiger partial charge < -0.3 is 19.3 Å². The third-order valence-corrected chi connectivity index (χ3v) is 4.23. The molecule has 0 aliphatic carbocycles. The van der Waals surface area contributed by atoms with Crippen LogP contribution in [0.1, 0.15) is 47.5 Å². The fraction of sp³-hybridized carbons (Fsp3) is 1.00. The fourth-order valence-corrected chi connectivity index (χ4v) is 4.15. The van der Waals surface area contributed by atoms with Crippen LogP contribution in [0.15, 0.2) is 0 Å². The Bertz CT molecular complexity index is 326. The lowest BCUT2D eigenvalue weighted by Gasteiger charge is -2.46. The SMILES string of the molecule is CC1(O)CC2(C)OC(C)(C1)C1OC(C)(C)OC12. The first kappa shape index (κ1) is 11.9. The van der Waals surface area contributed by atoms with E-state index in [2.05, 4.69) is 0 Å². The summed E-state index contributed by atoms with van der Waals surface area (Å²) < 4.78 is 18.1. The van der Waals surface area contributed by atoms with E-state index in [4.69, 9.17) is 14.2 Å². The van der Waals surface area contributed by atoms with Gasteiger partial charge in [-0.15, -0.1) is 0 Å². The zero-order valence-corrected chi connectivity index (χ0v) is 11.2. The van der Waals surface area contributed by atoms with Gasteiger partial charge in [0.15, 0.2) is 5.79 Å². The van der Waals surface area contributed by atoms with E-state index in [0.29, 0.717) is 12.8 Å². The van der Waals surface area contributed by atoms with Gasteiger partial charge in [-0.1, -0.05) is 0 Å². The van der Waals surface area contributed by atoms with E-state index in [-0.39, 0.29) is 12.2 Å². The van der Waals surface area contributed by atoms with E-state index in [9.17, 15) is 5.11 Å². The first-order valence-electron chi connectivity index (χ1n) is 6.34. The van der Waals surface area contributed by atoms with Crippen LogP contribution < -0.4 is 0 Å². The van der Waals surface area contributed by atoms with Gasteiger partial charge >= 0.3 is 0 Å². The molecule has 4 nitrogen and oxygen atoms in total. The lowest BCUT2D eigenvalue weighted by molar-refractivity contribution is -0.265. The maximum absolute atomic E-state index is 10.4. The molecular formula is C13H22O4. The van der Waals surface area contributed by atoms with Gasteiger partial charge in [-0.2, -0.15) is 0 Å². The van der Waals surface area contributed by atoms with E-state index in [1.54, 1.807) is 0 Å². The van der Waals surface area contributed by atoms with Gasteiger partial charge in [0, 0.05) is 12.8 Å². The van der Waals surface area contributed by atoms with Gasteiger partial charge in [0.25, 0.3) is 0 Å². The Hall–Kier alpha value is -0.160. The van der Waals surface area contributed by atoms with Crippen molar-refractivity contribution in [1.29, 1.82) is 0 Å². The Balaban J connectivity index is 2.01. The molecular weight excluding hydrogens is 220 g/mol. The standard InChI is InChI=1S/C13H22O4/c1-10(2)15-8-9(16-10)13(5)7-11(3,14)6-12(8,4)17-13/h8-9,14H,6-7H2,1-5H3. The molecule has 4 atom stereocenters. The summed E-state index contributed by atoms with van der Waals surface area (Å²) in [6, 6.07) is 0. The minimum atomic E-state index is -0.705. The number of aliphatic hydroxyl groups is 1. The van der Waals surface area contributed by atoms with E-state index < -0.39 is 22.6 Å². The molecule has 0 amide bonds. The molecule has 3 rings (SSSR count). The average molecular weight is 242 g/mol. The van der Waals surface area contributed by atoms with E-state index in [0.717, 1.165) is 0 Å². The maximum atomic E-state index is 10.4. The first-order chi connectivity index (χ1) is 7.56. The molecule has 3 aliphatic rings. The van der Waals surface area contributed by atoms with Crippen LogP contribution in [0.2, 0.25) is 0 Å². The van der Waals surface area contributed by atoms with Gasteiger partial charge in [-0.25, -0.2) is 0 Å². The summed E-state index contributed by atoms with van der Waals surface area (Å²) in [5.41, 5.74) is -1.60. The van der Waals surface area contributed by atoms with Crippen molar-refractivity contribution in [3.8, 4) is 0 Å². The highest BCUT2D eigenvalue weighted by atomic mass is 16.8. The molecule has 17 heavy (non-hydrogen) atoms. The molecule has 2 bridgehead atoms.